The molecule has 0 atom stereocenters. The summed E-state index contributed by atoms with van der Waals surface area (Å²) in [7, 11) is 0. The molecular formula is C18H14ClNO3. The molecule has 0 amide bonds. The van der Waals surface area contributed by atoms with E-state index in [2.05, 4.69) is 0 Å². The second-order valence-electron chi connectivity index (χ2n) is 4.95. The Morgan fingerprint density at radius 3 is 2.52 bits per heavy atom. The monoisotopic (exact) mass is 327 g/mol. The van der Waals surface area contributed by atoms with Crippen molar-refractivity contribution in [1.82, 2.24) is 4.57 Å². The molecule has 0 bridgehead atoms. The first-order valence-corrected chi connectivity index (χ1v) is 7.56. The summed E-state index contributed by atoms with van der Waals surface area (Å²) in [5.41, 5.74) is 2.39. The normalized spacial score (nSPS) is 10.7. The summed E-state index contributed by atoms with van der Waals surface area (Å²) in [5, 5.41) is 1.13. The molecule has 0 aliphatic rings. The van der Waals surface area contributed by atoms with Crippen molar-refractivity contribution in [2.45, 2.75) is 6.92 Å². The highest BCUT2D eigenvalue weighted by Gasteiger charge is 2.23. The maximum absolute atomic E-state index is 12.4. The number of ether oxygens (including phenoxy) is 1. The largest absolute Gasteiger partial charge is 0.461 e. The molecule has 0 N–H and O–H groups in total. The number of para-hydroxylation sites is 1. The van der Waals surface area contributed by atoms with E-state index in [1.54, 1.807) is 35.8 Å². The van der Waals surface area contributed by atoms with Crippen LogP contribution in [0.25, 0.3) is 16.6 Å². The fraction of sp³-hybridized carbons (Fsp3) is 0.111. The fourth-order valence-electron chi connectivity index (χ4n) is 2.55. The molecule has 0 saturated heterocycles. The second-order valence-corrected chi connectivity index (χ2v) is 5.32. The molecule has 1 aromatic heterocycles. The number of esters is 1. The Balaban J connectivity index is 2.29. The van der Waals surface area contributed by atoms with Crippen molar-refractivity contribution in [3.8, 4) is 5.69 Å². The molecule has 0 aliphatic carbocycles. The maximum Gasteiger partial charge on any atom is 0.356 e. The number of nitrogens with zero attached hydrogens (tertiary/aromatic N) is 1. The number of hydrogen-bond acceptors (Lipinski definition) is 3. The second kappa shape index (κ2) is 6.26. The van der Waals surface area contributed by atoms with E-state index in [4.69, 9.17) is 16.3 Å². The summed E-state index contributed by atoms with van der Waals surface area (Å²) in [5.74, 6) is -0.479. The first kappa shape index (κ1) is 15.3. The van der Waals surface area contributed by atoms with Crippen LogP contribution in [0.1, 0.15) is 27.8 Å². The van der Waals surface area contributed by atoms with Gasteiger partial charge in [-0.3, -0.25) is 4.79 Å². The minimum atomic E-state index is -0.479. The zero-order valence-corrected chi connectivity index (χ0v) is 13.2. The Labute approximate surface area is 138 Å². The predicted octanol–water partition coefficient (Wildman–Crippen LogP) is 4.27. The van der Waals surface area contributed by atoms with Gasteiger partial charge in [0.1, 0.15) is 6.29 Å². The van der Waals surface area contributed by atoms with Gasteiger partial charge in [-0.15, -0.1) is 0 Å². The minimum Gasteiger partial charge on any atom is -0.461 e. The van der Waals surface area contributed by atoms with Crippen molar-refractivity contribution in [3.05, 3.63) is 64.8 Å². The summed E-state index contributed by atoms with van der Waals surface area (Å²) in [6.07, 6.45) is 0.775. The molecule has 0 saturated carbocycles. The molecule has 4 nitrogen and oxygen atoms in total. The molecule has 3 aromatic rings. The molecule has 0 aliphatic heterocycles. The van der Waals surface area contributed by atoms with Gasteiger partial charge in [-0.25, -0.2) is 4.79 Å². The summed E-state index contributed by atoms with van der Waals surface area (Å²) in [4.78, 5) is 23.2. The lowest BCUT2D eigenvalue weighted by atomic mass is 10.2. The van der Waals surface area contributed by atoms with Gasteiger partial charge in [0.05, 0.1) is 17.1 Å². The first-order valence-electron chi connectivity index (χ1n) is 7.19. The highest BCUT2D eigenvalue weighted by Crippen LogP contribution is 2.33. The Bertz CT molecular complexity index is 881. The van der Waals surface area contributed by atoms with Crippen LogP contribution in [0.4, 0.5) is 0 Å². The molecule has 0 spiro atoms. The average molecular weight is 328 g/mol. The molecule has 1 heterocycles. The first-order chi connectivity index (χ1) is 11.2. The van der Waals surface area contributed by atoms with Crippen molar-refractivity contribution < 1.29 is 14.3 Å². The van der Waals surface area contributed by atoms with Crippen LogP contribution >= 0.6 is 11.6 Å². The topological polar surface area (TPSA) is 48.3 Å². The zero-order chi connectivity index (χ0) is 16.4. The van der Waals surface area contributed by atoms with Crippen LogP contribution in [0.3, 0.4) is 0 Å². The van der Waals surface area contributed by atoms with E-state index in [0.29, 0.717) is 10.6 Å². The van der Waals surface area contributed by atoms with Gasteiger partial charge >= 0.3 is 5.97 Å². The highest BCUT2D eigenvalue weighted by molar-refractivity contribution is 6.38. The molecule has 116 valence electrons. The van der Waals surface area contributed by atoms with Gasteiger partial charge in [-0.05, 0) is 37.3 Å². The van der Waals surface area contributed by atoms with Gasteiger partial charge in [0.15, 0.2) is 5.69 Å². The van der Waals surface area contributed by atoms with Crippen LogP contribution in [0, 0.1) is 0 Å². The SMILES string of the molecule is CCOC(=O)c1c(Cl)c2ccccc2n1-c1ccc(C=O)cc1. The number of hydrogen-bond donors (Lipinski definition) is 0. The van der Waals surface area contributed by atoms with Crippen LogP contribution in [0.5, 0.6) is 0 Å². The van der Waals surface area contributed by atoms with Gasteiger partial charge < -0.3 is 9.30 Å². The van der Waals surface area contributed by atoms with Crippen molar-refractivity contribution in [1.29, 1.82) is 0 Å². The van der Waals surface area contributed by atoms with Gasteiger partial charge in [0.25, 0.3) is 0 Å². The number of aromatic nitrogens is 1. The number of rotatable bonds is 4. The molecular weight excluding hydrogens is 314 g/mol. The van der Waals surface area contributed by atoms with Gasteiger partial charge in [-0.2, -0.15) is 0 Å². The van der Waals surface area contributed by atoms with E-state index < -0.39 is 5.97 Å². The number of benzene rings is 2. The minimum absolute atomic E-state index is 0.265. The summed E-state index contributed by atoms with van der Waals surface area (Å²) < 4.78 is 6.90. The Kier molecular flexibility index (Phi) is 4.17. The van der Waals surface area contributed by atoms with E-state index in [9.17, 15) is 9.59 Å². The quantitative estimate of drug-likeness (QED) is 0.531. The van der Waals surface area contributed by atoms with Crippen LogP contribution in [0.2, 0.25) is 5.02 Å². The smallest absolute Gasteiger partial charge is 0.356 e. The number of carbonyl (C=O) groups excluding carboxylic acids is 2. The third-order valence-electron chi connectivity index (χ3n) is 3.57. The zero-order valence-electron chi connectivity index (χ0n) is 12.5. The number of aldehydes is 1. The number of carbonyl (C=O) groups is 2. The molecule has 2 aromatic carbocycles. The fourth-order valence-corrected chi connectivity index (χ4v) is 2.87. The van der Waals surface area contributed by atoms with Crippen LogP contribution in [0.15, 0.2) is 48.5 Å². The third-order valence-corrected chi connectivity index (χ3v) is 3.95. The summed E-state index contributed by atoms with van der Waals surface area (Å²) in [6, 6.07) is 14.4. The molecule has 0 fully saturated rings. The molecule has 3 rings (SSSR count). The van der Waals surface area contributed by atoms with Crippen molar-refractivity contribution in [3.63, 3.8) is 0 Å². The van der Waals surface area contributed by atoms with E-state index in [1.807, 2.05) is 24.3 Å². The van der Waals surface area contributed by atoms with Crippen molar-refractivity contribution >= 4 is 34.8 Å². The molecule has 23 heavy (non-hydrogen) atoms. The van der Waals surface area contributed by atoms with Crippen LogP contribution in [-0.2, 0) is 4.74 Å². The van der Waals surface area contributed by atoms with Gasteiger partial charge in [0.2, 0.25) is 0 Å². The summed E-state index contributed by atoms with van der Waals surface area (Å²) in [6.45, 7) is 2.01. The molecule has 0 unspecified atom stereocenters. The number of halogens is 1. The van der Waals surface area contributed by atoms with Crippen molar-refractivity contribution in [2.75, 3.05) is 6.61 Å². The highest BCUT2D eigenvalue weighted by atomic mass is 35.5. The van der Waals surface area contributed by atoms with E-state index in [0.717, 1.165) is 22.9 Å². The predicted molar refractivity (Wildman–Crippen MR) is 89.6 cm³/mol. The van der Waals surface area contributed by atoms with Gasteiger partial charge in [-0.1, -0.05) is 29.8 Å². The summed E-state index contributed by atoms with van der Waals surface area (Å²) >= 11 is 6.42. The lowest BCUT2D eigenvalue weighted by molar-refractivity contribution is 0.0517. The Morgan fingerprint density at radius 2 is 1.87 bits per heavy atom. The van der Waals surface area contributed by atoms with Crippen molar-refractivity contribution in [2.24, 2.45) is 0 Å². The van der Waals surface area contributed by atoms with E-state index >= 15 is 0 Å². The maximum atomic E-state index is 12.4. The van der Waals surface area contributed by atoms with Crippen LogP contribution in [-0.4, -0.2) is 23.4 Å². The van der Waals surface area contributed by atoms with E-state index in [1.165, 1.54) is 0 Å². The Morgan fingerprint density at radius 1 is 1.17 bits per heavy atom. The van der Waals surface area contributed by atoms with Gasteiger partial charge in [0, 0.05) is 16.6 Å². The van der Waals surface area contributed by atoms with E-state index in [-0.39, 0.29) is 12.3 Å². The lowest BCUT2D eigenvalue weighted by Gasteiger charge is -2.10. The number of fused-ring (bicyclic) bond motifs is 1. The average Bonchev–Trinajstić information content (AvgIpc) is 2.88. The molecule has 0 radical (unpaired) electrons. The Hall–Kier alpha value is -2.59. The third kappa shape index (κ3) is 2.62. The van der Waals surface area contributed by atoms with Crippen LogP contribution < -0.4 is 0 Å². The standard InChI is InChI=1S/C18H14ClNO3/c1-2-23-18(22)17-16(19)14-5-3-4-6-15(14)20(17)13-9-7-12(11-21)8-10-13/h3-11H,2H2,1H3. The molecule has 5 heteroatoms. The lowest BCUT2D eigenvalue weighted by Crippen LogP contribution is -2.11.